The van der Waals surface area contributed by atoms with Crippen molar-refractivity contribution in [3.05, 3.63) is 70.6 Å². The lowest BCUT2D eigenvalue weighted by atomic mass is 9.93. The van der Waals surface area contributed by atoms with E-state index in [0.717, 1.165) is 36.8 Å². The van der Waals surface area contributed by atoms with E-state index in [2.05, 4.69) is 13.0 Å². The number of ketones is 1. The predicted molar refractivity (Wildman–Crippen MR) is 116 cm³/mol. The van der Waals surface area contributed by atoms with Crippen molar-refractivity contribution in [2.75, 3.05) is 0 Å². The molecule has 2 aliphatic rings. The number of esters is 1. The second-order valence-electron chi connectivity index (χ2n) is 8.45. The highest BCUT2D eigenvalue weighted by Gasteiger charge is 2.36. The van der Waals surface area contributed by atoms with Gasteiger partial charge in [0, 0.05) is 5.56 Å². The molecule has 3 rings (SSSR count). The summed E-state index contributed by atoms with van der Waals surface area (Å²) in [5.41, 5.74) is 3.01. The molecule has 0 aromatic carbocycles. The monoisotopic (exact) mass is 426 g/mol. The first kappa shape index (κ1) is 22.8. The van der Waals surface area contributed by atoms with Gasteiger partial charge in [0.1, 0.15) is 0 Å². The zero-order valence-electron chi connectivity index (χ0n) is 18.3. The summed E-state index contributed by atoms with van der Waals surface area (Å²) in [6, 6.07) is 1.72. The summed E-state index contributed by atoms with van der Waals surface area (Å²) in [5, 5.41) is 20.4. The minimum Gasteiger partial charge on any atom is -0.504 e. The number of carbonyl (C=O) groups excluding carboxylic acids is 2. The Kier molecular flexibility index (Phi) is 7.33. The van der Waals surface area contributed by atoms with Gasteiger partial charge in [0.2, 0.25) is 0 Å². The Labute approximate surface area is 182 Å². The summed E-state index contributed by atoms with van der Waals surface area (Å²) in [6.45, 7) is 5.65. The molecule has 166 valence electrons. The third kappa shape index (κ3) is 5.44. The maximum atomic E-state index is 12.2. The summed E-state index contributed by atoms with van der Waals surface area (Å²) in [6.07, 6.45) is 12.0. The molecule has 1 aliphatic carbocycles. The van der Waals surface area contributed by atoms with Crippen LogP contribution in [0.15, 0.2) is 69.5 Å². The van der Waals surface area contributed by atoms with E-state index in [1.807, 2.05) is 6.92 Å². The molecule has 2 heterocycles. The van der Waals surface area contributed by atoms with E-state index in [1.165, 1.54) is 18.1 Å². The number of aliphatic hydroxyl groups is 2. The molecule has 3 atom stereocenters. The average Bonchev–Trinajstić information content (AvgIpc) is 3.39. The number of hydrogen-bond acceptors (Lipinski definition) is 6. The number of allylic oxidation sites excluding steroid dienone is 4. The Morgan fingerprint density at radius 2 is 2.10 bits per heavy atom. The molecular formula is C25H30O6. The highest BCUT2D eigenvalue weighted by Crippen LogP contribution is 2.34. The first-order chi connectivity index (χ1) is 14.8. The van der Waals surface area contributed by atoms with Gasteiger partial charge in [-0.25, -0.2) is 4.79 Å². The Hall–Kier alpha value is -2.86. The van der Waals surface area contributed by atoms with Crippen molar-refractivity contribution in [1.29, 1.82) is 0 Å². The molecule has 0 fully saturated rings. The number of ether oxygens (including phenoxy) is 1. The van der Waals surface area contributed by atoms with Gasteiger partial charge in [0.25, 0.3) is 0 Å². The fourth-order valence-corrected chi connectivity index (χ4v) is 3.97. The third-order valence-electron chi connectivity index (χ3n) is 5.92. The highest BCUT2D eigenvalue weighted by atomic mass is 16.6. The van der Waals surface area contributed by atoms with E-state index in [0.29, 0.717) is 6.42 Å². The number of cyclic esters (lactones) is 1. The number of hydrogen-bond donors (Lipinski definition) is 2. The van der Waals surface area contributed by atoms with Crippen molar-refractivity contribution >= 4 is 11.8 Å². The first-order valence-electron chi connectivity index (χ1n) is 10.7. The first-order valence-corrected chi connectivity index (χ1v) is 10.7. The molecule has 0 bridgehead atoms. The van der Waals surface area contributed by atoms with E-state index in [4.69, 9.17) is 9.15 Å². The quantitative estimate of drug-likeness (QED) is 0.424. The molecule has 31 heavy (non-hydrogen) atoms. The molecule has 2 N–H and O–H groups in total. The van der Waals surface area contributed by atoms with Gasteiger partial charge in [0.05, 0.1) is 30.1 Å². The molecule has 0 radical (unpaired) electrons. The molecule has 0 saturated carbocycles. The van der Waals surface area contributed by atoms with Crippen LogP contribution in [0.25, 0.3) is 0 Å². The van der Waals surface area contributed by atoms with E-state index in [9.17, 15) is 19.8 Å². The Morgan fingerprint density at radius 3 is 2.74 bits per heavy atom. The maximum absolute atomic E-state index is 12.2. The van der Waals surface area contributed by atoms with Crippen molar-refractivity contribution in [2.45, 2.75) is 64.9 Å². The predicted octanol–water partition coefficient (Wildman–Crippen LogP) is 5.04. The van der Waals surface area contributed by atoms with Gasteiger partial charge in [-0.3, -0.25) is 4.79 Å². The molecule has 1 aromatic heterocycles. The van der Waals surface area contributed by atoms with E-state index >= 15 is 0 Å². The van der Waals surface area contributed by atoms with Crippen molar-refractivity contribution in [2.24, 2.45) is 5.92 Å². The summed E-state index contributed by atoms with van der Waals surface area (Å²) in [5.74, 6) is -0.763. The lowest BCUT2D eigenvalue weighted by molar-refractivity contribution is -0.133. The summed E-state index contributed by atoms with van der Waals surface area (Å²) in [4.78, 5) is 23.7. The smallest absolute Gasteiger partial charge is 0.343 e. The third-order valence-corrected chi connectivity index (χ3v) is 5.92. The molecule has 1 unspecified atom stereocenters. The van der Waals surface area contributed by atoms with E-state index < -0.39 is 18.0 Å². The summed E-state index contributed by atoms with van der Waals surface area (Å²) >= 11 is 0. The van der Waals surface area contributed by atoms with Gasteiger partial charge < -0.3 is 19.4 Å². The normalized spacial score (nSPS) is 24.2. The molecule has 6 nitrogen and oxygen atoms in total. The van der Waals surface area contributed by atoms with Crippen LogP contribution < -0.4 is 0 Å². The Bertz CT molecular complexity index is 945. The van der Waals surface area contributed by atoms with Crippen LogP contribution in [0.3, 0.4) is 0 Å². The second-order valence-corrected chi connectivity index (χ2v) is 8.45. The van der Waals surface area contributed by atoms with Crippen LogP contribution in [-0.4, -0.2) is 28.1 Å². The lowest BCUT2D eigenvalue weighted by Gasteiger charge is -2.15. The number of furan rings is 1. The standard InChI is InChI=1S/C25H30O6/c1-15(6-4-8-16(2)12-21-23(27)17(3)25(29)31-21)7-5-9-18-13-20(26)22(24(18)28)19-10-11-30-14-19/h6,10-14,16,22,24,27-28H,4-5,7-9H2,1-3H3/b15-6-,21-12-/t16?,22-,24-/m1/s1. The number of rotatable bonds is 9. The fourth-order valence-electron chi connectivity index (χ4n) is 3.97. The van der Waals surface area contributed by atoms with Crippen molar-refractivity contribution in [3.63, 3.8) is 0 Å². The minimum atomic E-state index is -0.776. The van der Waals surface area contributed by atoms with Crippen LogP contribution >= 0.6 is 0 Å². The second kappa shape index (κ2) is 9.96. The zero-order chi connectivity index (χ0) is 22.5. The zero-order valence-corrected chi connectivity index (χ0v) is 18.3. The SMILES string of the molecule is CC1=C(O)/C(=C/C(C)CC/C=C(/C)CCCC2=CC(=O)[C@@H](c3ccoc3)[C@@H]2O)OC1=O. The van der Waals surface area contributed by atoms with Gasteiger partial charge in [-0.05, 0) is 75.7 Å². The van der Waals surface area contributed by atoms with E-state index in [-0.39, 0.29) is 28.8 Å². The topological polar surface area (TPSA) is 97.0 Å². The van der Waals surface area contributed by atoms with E-state index in [1.54, 1.807) is 25.1 Å². The van der Waals surface area contributed by atoms with Crippen molar-refractivity contribution < 1.29 is 29.0 Å². The maximum Gasteiger partial charge on any atom is 0.343 e. The van der Waals surface area contributed by atoms with Gasteiger partial charge in [0.15, 0.2) is 17.3 Å². The van der Waals surface area contributed by atoms with Gasteiger partial charge in [-0.2, -0.15) is 0 Å². The number of carbonyl (C=O) groups is 2. The highest BCUT2D eigenvalue weighted by molar-refractivity contribution is 5.99. The molecular weight excluding hydrogens is 396 g/mol. The largest absolute Gasteiger partial charge is 0.504 e. The number of aliphatic hydroxyl groups excluding tert-OH is 2. The molecule has 0 saturated heterocycles. The summed E-state index contributed by atoms with van der Waals surface area (Å²) < 4.78 is 10.1. The van der Waals surface area contributed by atoms with Crippen molar-refractivity contribution in [3.8, 4) is 0 Å². The van der Waals surface area contributed by atoms with Gasteiger partial charge in [-0.15, -0.1) is 0 Å². The minimum absolute atomic E-state index is 0.0664. The van der Waals surface area contributed by atoms with Gasteiger partial charge >= 0.3 is 5.97 Å². The summed E-state index contributed by atoms with van der Waals surface area (Å²) in [7, 11) is 0. The van der Waals surface area contributed by atoms with Crippen LogP contribution in [0.2, 0.25) is 0 Å². The Balaban J connectivity index is 1.41. The molecule has 6 heteroatoms. The lowest BCUT2D eigenvalue weighted by Crippen LogP contribution is -2.19. The molecule has 0 amide bonds. The Morgan fingerprint density at radius 1 is 1.32 bits per heavy atom. The van der Waals surface area contributed by atoms with Crippen LogP contribution in [-0.2, 0) is 14.3 Å². The average molecular weight is 427 g/mol. The van der Waals surface area contributed by atoms with Crippen LogP contribution in [0.4, 0.5) is 0 Å². The molecule has 1 aliphatic heterocycles. The fraction of sp³-hybridized carbons (Fsp3) is 0.440. The van der Waals surface area contributed by atoms with Crippen LogP contribution in [0.5, 0.6) is 0 Å². The van der Waals surface area contributed by atoms with Crippen LogP contribution in [0, 0.1) is 5.92 Å². The molecule has 1 aromatic rings. The van der Waals surface area contributed by atoms with Crippen LogP contribution in [0.1, 0.15) is 64.4 Å². The van der Waals surface area contributed by atoms with Crippen molar-refractivity contribution in [1.82, 2.24) is 0 Å². The van der Waals surface area contributed by atoms with Gasteiger partial charge in [-0.1, -0.05) is 18.6 Å². The molecule has 0 spiro atoms.